The first kappa shape index (κ1) is 23.0. The minimum atomic E-state index is -0.591. The average molecular weight is 484 g/mol. The standard InChI is InChI=1S/C24H22FN3O3S2/c1-2-31-19-11-9-17(10-12-19)26-22(29)14-21-23(30)28(15-20-4-3-13-32-20)24(33-21)27-18-7-5-16(25)6-8-18/h3-13,21H,2,14-15H2,1H3,(H,26,29)/t21-/m1/s1. The van der Waals surface area contributed by atoms with Crippen LogP contribution in [0.2, 0.25) is 0 Å². The van der Waals surface area contributed by atoms with Gasteiger partial charge in [-0.3, -0.25) is 14.5 Å². The largest absolute Gasteiger partial charge is 0.494 e. The molecule has 0 unspecified atom stereocenters. The van der Waals surface area contributed by atoms with E-state index < -0.39 is 5.25 Å². The summed E-state index contributed by atoms with van der Waals surface area (Å²) in [5, 5.41) is 4.69. The molecule has 2 aromatic carbocycles. The predicted molar refractivity (Wildman–Crippen MR) is 131 cm³/mol. The monoisotopic (exact) mass is 483 g/mol. The number of hydrogen-bond donors (Lipinski definition) is 1. The number of thioether (sulfide) groups is 1. The van der Waals surface area contributed by atoms with Gasteiger partial charge in [-0.15, -0.1) is 11.3 Å². The van der Waals surface area contributed by atoms with Gasteiger partial charge in [-0.1, -0.05) is 17.8 Å². The Kier molecular flexibility index (Phi) is 7.41. The Hall–Kier alpha value is -3.17. The second-order valence-corrected chi connectivity index (χ2v) is 9.39. The first-order valence-corrected chi connectivity index (χ1v) is 12.1. The van der Waals surface area contributed by atoms with Gasteiger partial charge in [-0.2, -0.15) is 0 Å². The number of benzene rings is 2. The minimum Gasteiger partial charge on any atom is -0.494 e. The zero-order chi connectivity index (χ0) is 23.2. The van der Waals surface area contributed by atoms with Crippen molar-refractivity contribution in [3.8, 4) is 5.75 Å². The first-order chi connectivity index (χ1) is 16.0. The van der Waals surface area contributed by atoms with Crippen LogP contribution in [0.25, 0.3) is 0 Å². The molecule has 0 aliphatic carbocycles. The molecule has 0 bridgehead atoms. The molecular formula is C24H22FN3O3S2. The number of anilines is 1. The van der Waals surface area contributed by atoms with Crippen LogP contribution in [0, 0.1) is 5.82 Å². The van der Waals surface area contributed by atoms with Crippen molar-refractivity contribution in [3.05, 3.63) is 76.7 Å². The summed E-state index contributed by atoms with van der Waals surface area (Å²) in [6, 6.07) is 16.7. The molecule has 1 N–H and O–H groups in total. The molecule has 170 valence electrons. The number of hydrogen-bond acceptors (Lipinski definition) is 6. The third-order valence-corrected chi connectivity index (χ3v) is 6.82. The van der Waals surface area contributed by atoms with E-state index in [1.807, 2.05) is 24.4 Å². The zero-order valence-corrected chi connectivity index (χ0v) is 19.5. The van der Waals surface area contributed by atoms with E-state index in [2.05, 4.69) is 10.3 Å². The predicted octanol–water partition coefficient (Wildman–Crippen LogP) is 5.45. The Morgan fingerprint density at radius 1 is 1.15 bits per heavy atom. The highest BCUT2D eigenvalue weighted by atomic mass is 32.2. The number of carbonyl (C=O) groups is 2. The average Bonchev–Trinajstić information content (AvgIpc) is 3.41. The number of nitrogens with one attached hydrogen (secondary N) is 1. The van der Waals surface area contributed by atoms with Gasteiger partial charge in [0.05, 0.1) is 18.8 Å². The Morgan fingerprint density at radius 2 is 1.91 bits per heavy atom. The quantitative estimate of drug-likeness (QED) is 0.463. The summed E-state index contributed by atoms with van der Waals surface area (Å²) in [6.07, 6.45) is 0.0140. The summed E-state index contributed by atoms with van der Waals surface area (Å²) >= 11 is 2.80. The van der Waals surface area contributed by atoms with Crippen molar-refractivity contribution in [1.82, 2.24) is 4.90 Å². The van der Waals surface area contributed by atoms with Crippen molar-refractivity contribution in [2.24, 2.45) is 4.99 Å². The molecule has 1 aliphatic heterocycles. The molecule has 0 spiro atoms. The maximum atomic E-state index is 13.3. The van der Waals surface area contributed by atoms with Crippen LogP contribution in [-0.4, -0.2) is 33.7 Å². The van der Waals surface area contributed by atoms with Crippen LogP contribution in [0.3, 0.4) is 0 Å². The maximum Gasteiger partial charge on any atom is 0.243 e. The van der Waals surface area contributed by atoms with Gasteiger partial charge in [0.1, 0.15) is 16.8 Å². The lowest BCUT2D eigenvalue weighted by atomic mass is 10.2. The molecule has 2 amide bonds. The molecule has 2 heterocycles. The fourth-order valence-electron chi connectivity index (χ4n) is 3.24. The van der Waals surface area contributed by atoms with E-state index in [-0.39, 0.29) is 24.1 Å². The number of halogens is 1. The van der Waals surface area contributed by atoms with Crippen molar-refractivity contribution in [2.75, 3.05) is 11.9 Å². The molecule has 0 saturated carbocycles. The molecule has 6 nitrogen and oxygen atoms in total. The highest BCUT2D eigenvalue weighted by Gasteiger charge is 2.39. The van der Waals surface area contributed by atoms with Crippen molar-refractivity contribution in [3.63, 3.8) is 0 Å². The third-order valence-electron chi connectivity index (χ3n) is 4.79. The van der Waals surface area contributed by atoms with Crippen LogP contribution in [-0.2, 0) is 16.1 Å². The Morgan fingerprint density at radius 3 is 2.58 bits per heavy atom. The van der Waals surface area contributed by atoms with Crippen molar-refractivity contribution < 1.29 is 18.7 Å². The Balaban J connectivity index is 1.47. The number of thiophene rings is 1. The molecule has 9 heteroatoms. The molecule has 1 aromatic heterocycles. The molecule has 1 fully saturated rings. The van der Waals surface area contributed by atoms with E-state index in [4.69, 9.17) is 4.74 Å². The molecule has 1 aliphatic rings. The van der Waals surface area contributed by atoms with Crippen LogP contribution < -0.4 is 10.1 Å². The van der Waals surface area contributed by atoms with Crippen LogP contribution >= 0.6 is 23.1 Å². The summed E-state index contributed by atoms with van der Waals surface area (Å²) in [6.45, 7) is 2.85. The van der Waals surface area contributed by atoms with Crippen molar-refractivity contribution in [1.29, 1.82) is 0 Å². The van der Waals surface area contributed by atoms with Crippen molar-refractivity contribution in [2.45, 2.75) is 25.1 Å². The molecular weight excluding hydrogens is 461 g/mol. The van der Waals surface area contributed by atoms with Crippen molar-refractivity contribution >= 4 is 51.5 Å². The molecule has 0 radical (unpaired) electrons. The van der Waals surface area contributed by atoms with Gasteiger partial charge >= 0.3 is 0 Å². The number of amidine groups is 1. The summed E-state index contributed by atoms with van der Waals surface area (Å²) in [4.78, 5) is 33.0. The van der Waals surface area contributed by atoms with Gasteiger partial charge in [0.15, 0.2) is 5.17 Å². The second kappa shape index (κ2) is 10.6. The van der Waals surface area contributed by atoms with Gasteiger partial charge in [-0.05, 0) is 66.9 Å². The van der Waals surface area contributed by atoms with E-state index >= 15 is 0 Å². The Labute approximate surface area is 199 Å². The minimum absolute atomic E-state index is 0.0140. The van der Waals surface area contributed by atoms with Crippen LogP contribution in [0.4, 0.5) is 15.8 Å². The van der Waals surface area contributed by atoms with Gasteiger partial charge in [-0.25, -0.2) is 9.38 Å². The smallest absolute Gasteiger partial charge is 0.243 e. The fourth-order valence-corrected chi connectivity index (χ4v) is 5.09. The number of amides is 2. The third kappa shape index (κ3) is 6.00. The topological polar surface area (TPSA) is 71.0 Å². The fraction of sp³-hybridized carbons (Fsp3) is 0.208. The van der Waals surface area contributed by atoms with Gasteiger partial charge in [0, 0.05) is 17.0 Å². The van der Waals surface area contributed by atoms with E-state index in [1.54, 1.807) is 52.6 Å². The van der Waals surface area contributed by atoms with Gasteiger partial charge < -0.3 is 10.1 Å². The van der Waals surface area contributed by atoms with E-state index in [1.165, 1.54) is 23.9 Å². The highest BCUT2D eigenvalue weighted by molar-refractivity contribution is 8.15. The summed E-state index contributed by atoms with van der Waals surface area (Å²) in [7, 11) is 0. The van der Waals surface area contributed by atoms with E-state index in [9.17, 15) is 14.0 Å². The second-order valence-electron chi connectivity index (χ2n) is 7.19. The highest BCUT2D eigenvalue weighted by Crippen LogP contribution is 2.33. The molecule has 1 saturated heterocycles. The number of ether oxygens (including phenoxy) is 1. The first-order valence-electron chi connectivity index (χ1n) is 10.4. The van der Waals surface area contributed by atoms with Crippen LogP contribution in [0.5, 0.6) is 5.75 Å². The SMILES string of the molecule is CCOc1ccc(NC(=O)C[C@H]2SC(=Nc3ccc(F)cc3)N(Cc3cccs3)C2=O)cc1. The van der Waals surface area contributed by atoms with Gasteiger partial charge in [0.25, 0.3) is 0 Å². The number of aliphatic imine (C=N–C) groups is 1. The molecule has 33 heavy (non-hydrogen) atoms. The number of carbonyl (C=O) groups excluding carboxylic acids is 2. The zero-order valence-electron chi connectivity index (χ0n) is 17.9. The van der Waals surface area contributed by atoms with Crippen LogP contribution in [0.15, 0.2) is 71.0 Å². The summed E-state index contributed by atoms with van der Waals surface area (Å²) < 4.78 is 18.7. The number of nitrogens with zero attached hydrogens (tertiary/aromatic N) is 2. The van der Waals surface area contributed by atoms with E-state index in [0.29, 0.717) is 29.7 Å². The maximum absolute atomic E-state index is 13.3. The van der Waals surface area contributed by atoms with E-state index in [0.717, 1.165) is 10.6 Å². The summed E-state index contributed by atoms with van der Waals surface area (Å²) in [5.41, 5.74) is 1.18. The summed E-state index contributed by atoms with van der Waals surface area (Å²) in [5.74, 6) is -0.0588. The Bertz CT molecular complexity index is 1130. The number of rotatable bonds is 8. The molecule has 1 atom stereocenters. The lowest BCUT2D eigenvalue weighted by Crippen LogP contribution is -2.32. The molecule has 4 rings (SSSR count). The normalized spacial score (nSPS) is 16.9. The van der Waals surface area contributed by atoms with Gasteiger partial charge in [0.2, 0.25) is 11.8 Å². The lowest BCUT2D eigenvalue weighted by molar-refractivity contribution is -0.128. The van der Waals surface area contributed by atoms with Crippen LogP contribution in [0.1, 0.15) is 18.2 Å². The lowest BCUT2D eigenvalue weighted by Gasteiger charge is -2.15. The molecule has 3 aromatic rings.